The molecule has 1 aliphatic heterocycles. The van der Waals surface area contributed by atoms with Crippen molar-refractivity contribution in [3.63, 3.8) is 0 Å². The van der Waals surface area contributed by atoms with E-state index in [0.717, 1.165) is 24.5 Å². The van der Waals surface area contributed by atoms with Crippen LogP contribution in [0, 0.1) is 12.8 Å². The van der Waals surface area contributed by atoms with E-state index in [4.69, 9.17) is 5.73 Å². The average molecular weight is 528 g/mol. The first-order valence-corrected chi connectivity index (χ1v) is 13.5. The molecule has 204 valence electrons. The number of aryl methyl sites for hydroxylation is 1. The van der Waals surface area contributed by atoms with Crippen LogP contribution in [-0.4, -0.2) is 50.8 Å². The van der Waals surface area contributed by atoms with Gasteiger partial charge in [-0.3, -0.25) is 29.4 Å². The number of hydrogen-bond donors (Lipinski definition) is 3. The van der Waals surface area contributed by atoms with Gasteiger partial charge in [0.25, 0.3) is 5.91 Å². The van der Waals surface area contributed by atoms with E-state index in [1.165, 1.54) is 31.7 Å². The number of likely N-dealkylation sites (tertiary alicyclic amines) is 1. The topological polar surface area (TPSA) is 126 Å². The number of amides is 2. The average Bonchev–Trinajstić information content (AvgIpc) is 3.54. The van der Waals surface area contributed by atoms with Gasteiger partial charge in [-0.2, -0.15) is 0 Å². The van der Waals surface area contributed by atoms with Crippen molar-refractivity contribution in [2.75, 3.05) is 23.7 Å². The van der Waals surface area contributed by atoms with E-state index in [-0.39, 0.29) is 11.5 Å². The van der Waals surface area contributed by atoms with Gasteiger partial charge in [0, 0.05) is 24.4 Å². The minimum atomic E-state index is -0.448. The van der Waals surface area contributed by atoms with Crippen LogP contribution in [0.3, 0.4) is 0 Å². The molecule has 9 nitrogen and oxygen atoms in total. The maximum atomic E-state index is 13.1. The Bertz CT molecular complexity index is 1310. The van der Waals surface area contributed by atoms with Gasteiger partial charge in [0.2, 0.25) is 5.91 Å². The fourth-order valence-corrected chi connectivity index (χ4v) is 5.13. The van der Waals surface area contributed by atoms with Gasteiger partial charge in [-0.15, -0.1) is 0 Å². The predicted octanol–water partition coefficient (Wildman–Crippen LogP) is 4.47. The number of carbonyl (C=O) groups is 2. The summed E-state index contributed by atoms with van der Waals surface area (Å²) in [6.45, 7) is 7.15. The number of carbonyl (C=O) groups excluding carboxylic acids is 2. The van der Waals surface area contributed by atoms with E-state index in [0.29, 0.717) is 41.0 Å². The smallest absolute Gasteiger partial charge is 0.259 e. The number of fused-ring (bicyclic) bond motifs is 2. The molecular formula is C30H37N7O2. The van der Waals surface area contributed by atoms with Crippen molar-refractivity contribution in [1.29, 1.82) is 0 Å². The summed E-state index contributed by atoms with van der Waals surface area (Å²) < 4.78 is 0. The number of hydrogen-bond acceptors (Lipinski definition) is 7. The molecule has 0 aromatic carbocycles. The number of allylic oxidation sites excluding steroid dienone is 6. The molecule has 1 aliphatic carbocycles. The predicted molar refractivity (Wildman–Crippen MR) is 155 cm³/mol. The van der Waals surface area contributed by atoms with Crippen LogP contribution in [0.2, 0.25) is 0 Å². The molecule has 0 spiro atoms. The summed E-state index contributed by atoms with van der Waals surface area (Å²) >= 11 is 0. The zero-order valence-electron chi connectivity index (χ0n) is 22.9. The van der Waals surface area contributed by atoms with Crippen LogP contribution in [0.4, 0.5) is 11.4 Å². The van der Waals surface area contributed by atoms with Crippen LogP contribution in [0.5, 0.6) is 0 Å². The number of rotatable bonds is 10. The van der Waals surface area contributed by atoms with Crippen LogP contribution in [0.15, 0.2) is 61.2 Å². The third kappa shape index (κ3) is 7.06. The molecule has 2 atom stereocenters. The summed E-state index contributed by atoms with van der Waals surface area (Å²) in [4.78, 5) is 41.4. The van der Waals surface area contributed by atoms with Crippen LogP contribution >= 0.6 is 0 Å². The lowest BCUT2D eigenvalue weighted by atomic mass is 10.1. The van der Waals surface area contributed by atoms with Gasteiger partial charge in [0.15, 0.2) is 0 Å². The first kappa shape index (κ1) is 27.9. The summed E-state index contributed by atoms with van der Waals surface area (Å²) in [5.41, 5.74) is 9.53. The highest BCUT2D eigenvalue weighted by atomic mass is 16.2. The van der Waals surface area contributed by atoms with E-state index in [9.17, 15) is 9.59 Å². The summed E-state index contributed by atoms with van der Waals surface area (Å²) in [5, 5.41) is 5.77. The second-order valence-corrected chi connectivity index (χ2v) is 9.95. The Morgan fingerprint density at radius 1 is 1.13 bits per heavy atom. The second-order valence-electron chi connectivity index (χ2n) is 9.95. The number of nitrogens with two attached hydrogens (primary N) is 1. The Morgan fingerprint density at radius 2 is 1.92 bits per heavy atom. The zero-order chi connectivity index (χ0) is 27.8. The van der Waals surface area contributed by atoms with Gasteiger partial charge >= 0.3 is 0 Å². The lowest BCUT2D eigenvalue weighted by Crippen LogP contribution is -2.38. The van der Waals surface area contributed by atoms with Gasteiger partial charge in [-0.05, 0) is 51.5 Å². The highest BCUT2D eigenvalue weighted by molar-refractivity contribution is 6.24. The summed E-state index contributed by atoms with van der Waals surface area (Å²) in [7, 11) is 0. The summed E-state index contributed by atoms with van der Waals surface area (Å²) in [5.74, 6) is 0.196. The zero-order valence-corrected chi connectivity index (χ0v) is 22.9. The fraction of sp³-hybridized carbons (Fsp3) is 0.367. The summed E-state index contributed by atoms with van der Waals surface area (Å²) in [6.07, 6.45) is 20.4. The molecule has 1 saturated carbocycles. The Morgan fingerprint density at radius 3 is 2.56 bits per heavy atom. The largest absolute Gasteiger partial charge is 0.404 e. The third-order valence-electron chi connectivity index (χ3n) is 7.12. The number of anilines is 2. The van der Waals surface area contributed by atoms with Gasteiger partial charge in [0.05, 0.1) is 59.2 Å². The quantitative estimate of drug-likeness (QED) is 0.307. The first-order valence-electron chi connectivity index (χ1n) is 13.5. The van der Waals surface area contributed by atoms with Crippen molar-refractivity contribution in [2.24, 2.45) is 11.7 Å². The number of aromatic nitrogens is 3. The lowest BCUT2D eigenvalue weighted by molar-refractivity contribution is -0.117. The molecule has 2 aromatic heterocycles. The number of pyridine rings is 1. The van der Waals surface area contributed by atoms with Gasteiger partial charge in [0.1, 0.15) is 0 Å². The molecule has 2 bridgehead atoms. The van der Waals surface area contributed by atoms with E-state index in [2.05, 4.69) is 43.5 Å². The monoisotopic (exact) mass is 527 g/mol. The molecule has 2 amide bonds. The van der Waals surface area contributed by atoms with Crippen molar-refractivity contribution in [2.45, 2.75) is 52.5 Å². The van der Waals surface area contributed by atoms with E-state index in [1.54, 1.807) is 25.4 Å². The molecule has 39 heavy (non-hydrogen) atoms. The molecule has 2 aromatic rings. The summed E-state index contributed by atoms with van der Waals surface area (Å²) in [6, 6.07) is 2.23. The Balaban J connectivity index is 1.42. The minimum absolute atomic E-state index is 0.0834. The molecule has 4 N–H and O–H groups in total. The van der Waals surface area contributed by atoms with E-state index in [1.807, 2.05) is 31.2 Å². The molecule has 2 fully saturated rings. The molecule has 1 saturated heterocycles. The van der Waals surface area contributed by atoms with Crippen LogP contribution in [0.1, 0.15) is 56.6 Å². The molecule has 0 radical (unpaired) electrons. The number of piperidine rings is 1. The van der Waals surface area contributed by atoms with Crippen LogP contribution in [-0.2, 0) is 9.59 Å². The molecule has 9 heteroatoms. The second kappa shape index (κ2) is 13.1. The SMILES string of the molecule is C\C=C/C(=C\C=C\CC)c1cnc(/C(=C\N)C(=O)Nc2cc(NC(=O)CN3CC4CCC3C4)cnc2C)cn1. The molecule has 2 aliphatic rings. The Hall–Kier alpha value is -4.11. The van der Waals surface area contributed by atoms with Crippen molar-refractivity contribution < 1.29 is 9.59 Å². The standard InChI is InChI=1S/C30H37N7O2/c1-4-6-7-9-22(8-5-2)27-16-34-28(17-33-27)25(14-31)30(39)36-26-13-23(15-32-20(26)3)35-29(38)19-37-18-21-10-11-24(37)12-21/h5-9,13-17,21,24H,4,10-12,18-19,31H2,1-3H3,(H,35,38)(H,36,39)/b7-6+,8-5-,22-9+,25-14+. The normalized spacial score (nSPS) is 19.8. The number of nitrogens with one attached hydrogen (secondary N) is 2. The third-order valence-corrected chi connectivity index (χ3v) is 7.12. The lowest BCUT2D eigenvalue weighted by Gasteiger charge is -2.25. The maximum Gasteiger partial charge on any atom is 0.259 e. The highest BCUT2D eigenvalue weighted by Gasteiger charge is 2.38. The van der Waals surface area contributed by atoms with Gasteiger partial charge < -0.3 is 16.4 Å². The van der Waals surface area contributed by atoms with Gasteiger partial charge in [-0.25, -0.2) is 0 Å². The van der Waals surface area contributed by atoms with Crippen LogP contribution < -0.4 is 16.4 Å². The molecule has 4 rings (SSSR count). The number of nitrogens with zero attached hydrogens (tertiary/aromatic N) is 4. The van der Waals surface area contributed by atoms with Crippen molar-refractivity contribution >= 4 is 34.3 Å². The fourth-order valence-electron chi connectivity index (χ4n) is 5.13. The Labute approximate surface area is 230 Å². The van der Waals surface area contributed by atoms with E-state index < -0.39 is 5.91 Å². The molecule has 2 unspecified atom stereocenters. The van der Waals surface area contributed by atoms with Crippen molar-refractivity contribution in [3.8, 4) is 0 Å². The van der Waals surface area contributed by atoms with Crippen LogP contribution in [0.25, 0.3) is 11.1 Å². The van der Waals surface area contributed by atoms with Gasteiger partial charge in [-0.1, -0.05) is 37.3 Å². The molecular weight excluding hydrogens is 490 g/mol. The molecule has 3 heterocycles. The highest BCUT2D eigenvalue weighted by Crippen LogP contribution is 2.37. The first-order chi connectivity index (χ1) is 18.9. The Kier molecular flexibility index (Phi) is 9.38. The van der Waals surface area contributed by atoms with Crippen molar-refractivity contribution in [3.05, 3.63) is 78.3 Å². The minimum Gasteiger partial charge on any atom is -0.404 e. The van der Waals surface area contributed by atoms with Crippen molar-refractivity contribution in [1.82, 2.24) is 19.9 Å². The maximum absolute atomic E-state index is 13.1. The van der Waals surface area contributed by atoms with E-state index >= 15 is 0 Å².